The van der Waals surface area contributed by atoms with E-state index < -0.39 is 0 Å². The van der Waals surface area contributed by atoms with Crippen molar-refractivity contribution in [1.29, 1.82) is 0 Å². The largest absolute Gasteiger partial charge is 0.462 e. The number of nitrogens with zero attached hydrogens (tertiary/aromatic N) is 3. The first-order valence-corrected chi connectivity index (χ1v) is 17.8. The molecule has 266 valence electrons. The number of allylic oxidation sites excluding steroid dienone is 4. The van der Waals surface area contributed by atoms with E-state index in [2.05, 4.69) is 57.4 Å². The number of esters is 1. The highest BCUT2D eigenvalue weighted by atomic mass is 16.5. The number of ether oxygens (including phenoxy) is 1. The second-order valence-corrected chi connectivity index (χ2v) is 12.8. The van der Waals surface area contributed by atoms with Gasteiger partial charge in [-0.05, 0) is 82.2 Å². The van der Waals surface area contributed by atoms with Gasteiger partial charge in [-0.2, -0.15) is 0 Å². The third kappa shape index (κ3) is 10.3. The number of para-hydroxylation sites is 1. The summed E-state index contributed by atoms with van der Waals surface area (Å²) in [7, 11) is 0. The first kappa shape index (κ1) is 37.9. The molecule has 3 aromatic rings. The van der Waals surface area contributed by atoms with Crippen molar-refractivity contribution >= 4 is 40.8 Å². The van der Waals surface area contributed by atoms with E-state index in [1.807, 2.05) is 51.1 Å². The Labute approximate surface area is 297 Å². The van der Waals surface area contributed by atoms with Crippen LogP contribution in [0.2, 0.25) is 0 Å². The van der Waals surface area contributed by atoms with Gasteiger partial charge in [-0.1, -0.05) is 69.4 Å². The second-order valence-electron chi connectivity index (χ2n) is 12.8. The molecule has 0 spiro atoms. The zero-order valence-electron chi connectivity index (χ0n) is 30.5. The molecule has 50 heavy (non-hydrogen) atoms. The molecular formula is C41H52N4O5. The Morgan fingerprint density at radius 3 is 2.40 bits per heavy atom. The molecule has 0 aliphatic carbocycles. The lowest BCUT2D eigenvalue weighted by molar-refractivity contribution is -0.139. The van der Waals surface area contributed by atoms with Gasteiger partial charge in [-0.3, -0.25) is 9.59 Å². The summed E-state index contributed by atoms with van der Waals surface area (Å²) in [5, 5.41) is 3.05. The minimum atomic E-state index is -0.383. The van der Waals surface area contributed by atoms with Crippen LogP contribution in [0.5, 0.6) is 0 Å². The summed E-state index contributed by atoms with van der Waals surface area (Å²) in [5.74, 6) is -0.101. The van der Waals surface area contributed by atoms with Crippen molar-refractivity contribution < 1.29 is 23.5 Å². The summed E-state index contributed by atoms with van der Waals surface area (Å²) in [6, 6.07) is 12.2. The number of oxazole rings is 1. The Morgan fingerprint density at radius 1 is 1.00 bits per heavy atom. The predicted octanol–water partition coefficient (Wildman–Crippen LogP) is 8.92. The van der Waals surface area contributed by atoms with Crippen molar-refractivity contribution in [1.82, 2.24) is 4.98 Å². The first-order valence-electron chi connectivity index (χ1n) is 17.8. The molecule has 1 aliphatic rings. The normalized spacial score (nSPS) is 14.4. The van der Waals surface area contributed by atoms with Gasteiger partial charge in [0.1, 0.15) is 6.26 Å². The van der Waals surface area contributed by atoms with E-state index in [-0.39, 0.29) is 29.3 Å². The van der Waals surface area contributed by atoms with E-state index in [9.17, 15) is 14.4 Å². The van der Waals surface area contributed by atoms with Crippen LogP contribution in [-0.2, 0) is 9.53 Å². The first-order chi connectivity index (χ1) is 24.1. The molecule has 0 radical (unpaired) electrons. The van der Waals surface area contributed by atoms with Gasteiger partial charge in [0.15, 0.2) is 17.4 Å². The highest BCUT2D eigenvalue weighted by molar-refractivity contribution is 6.07. The lowest BCUT2D eigenvalue weighted by Gasteiger charge is -2.39. The third-order valence-electron chi connectivity index (χ3n) is 8.97. The number of ketones is 1. The summed E-state index contributed by atoms with van der Waals surface area (Å²) in [6.45, 7) is 15.0. The quantitative estimate of drug-likeness (QED) is 0.0526. The van der Waals surface area contributed by atoms with Crippen LogP contribution in [0, 0.1) is 6.92 Å². The minimum Gasteiger partial charge on any atom is -0.462 e. The number of amides is 1. The number of piperazine rings is 1. The second kappa shape index (κ2) is 18.7. The van der Waals surface area contributed by atoms with Crippen molar-refractivity contribution in [3.8, 4) is 0 Å². The van der Waals surface area contributed by atoms with Gasteiger partial charge >= 0.3 is 5.97 Å². The van der Waals surface area contributed by atoms with Crippen LogP contribution < -0.4 is 15.1 Å². The van der Waals surface area contributed by atoms with Crippen LogP contribution in [-0.4, -0.2) is 55.4 Å². The Bertz CT molecular complexity index is 1710. The SMILES string of the molecule is CCCOC(=O)C(C)=CCCCC=CC=Cc1cc(N2CCN(c3ccccc3C)CC2)c(NC(=O)c2coc(C(C)CC)n2)cc1C(C)=O. The Hall–Kier alpha value is -4.92. The highest BCUT2D eigenvalue weighted by Crippen LogP contribution is 2.33. The molecule has 2 aromatic carbocycles. The van der Waals surface area contributed by atoms with Crippen LogP contribution in [0.4, 0.5) is 17.1 Å². The number of unbranched alkanes of at least 4 members (excludes halogenated alkanes) is 2. The van der Waals surface area contributed by atoms with Crippen LogP contribution in [0.3, 0.4) is 0 Å². The number of hydrogen-bond donors (Lipinski definition) is 1. The van der Waals surface area contributed by atoms with E-state index in [1.54, 1.807) is 19.9 Å². The van der Waals surface area contributed by atoms with E-state index >= 15 is 0 Å². The molecule has 1 aliphatic heterocycles. The molecule has 0 saturated carbocycles. The maximum atomic E-state index is 13.5. The maximum absolute atomic E-state index is 13.5. The Kier molecular flexibility index (Phi) is 14.2. The van der Waals surface area contributed by atoms with Gasteiger partial charge in [0.05, 0.1) is 18.0 Å². The molecular weight excluding hydrogens is 628 g/mol. The Balaban J connectivity index is 1.53. The number of carbonyl (C=O) groups is 3. The summed E-state index contributed by atoms with van der Waals surface area (Å²) < 4.78 is 10.8. The van der Waals surface area contributed by atoms with Crippen molar-refractivity contribution in [3.63, 3.8) is 0 Å². The van der Waals surface area contributed by atoms with Gasteiger partial charge in [-0.15, -0.1) is 0 Å². The molecule has 1 aromatic heterocycles. The fourth-order valence-electron chi connectivity index (χ4n) is 5.77. The average molecular weight is 681 g/mol. The van der Waals surface area contributed by atoms with Crippen LogP contribution >= 0.6 is 0 Å². The summed E-state index contributed by atoms with van der Waals surface area (Å²) in [6.07, 6.45) is 15.4. The van der Waals surface area contributed by atoms with Gasteiger partial charge < -0.3 is 24.3 Å². The summed E-state index contributed by atoms with van der Waals surface area (Å²) in [5.41, 5.74) is 6.02. The Morgan fingerprint density at radius 2 is 1.72 bits per heavy atom. The van der Waals surface area contributed by atoms with Crippen LogP contribution in [0.15, 0.2) is 77.0 Å². The number of nitrogens with one attached hydrogen (secondary N) is 1. The highest BCUT2D eigenvalue weighted by Gasteiger charge is 2.24. The van der Waals surface area contributed by atoms with Crippen molar-refractivity contribution in [2.24, 2.45) is 0 Å². The molecule has 1 amide bonds. The third-order valence-corrected chi connectivity index (χ3v) is 8.97. The standard InChI is InChI=1S/C41H52N4O5/c1-7-25-49-41(48)31(5)18-13-11-9-10-12-14-19-33-26-38(45-23-21-44(22-24-45)37-20-16-15-17-30(37)4)35(27-34(33)32(6)46)42-39(47)36-28-50-40(43-36)29(3)8-2/h10,12,14-20,26-29H,7-9,11,13,21-25H2,1-6H3,(H,42,47). The number of hydrogen-bond acceptors (Lipinski definition) is 8. The van der Waals surface area contributed by atoms with Gasteiger partial charge in [0.25, 0.3) is 5.91 Å². The molecule has 2 heterocycles. The van der Waals surface area contributed by atoms with Gasteiger partial charge in [-0.25, -0.2) is 9.78 Å². The molecule has 0 bridgehead atoms. The smallest absolute Gasteiger partial charge is 0.333 e. The van der Waals surface area contributed by atoms with Crippen LogP contribution in [0.1, 0.15) is 111 Å². The molecule has 1 saturated heterocycles. The number of aromatic nitrogens is 1. The molecule has 1 N–H and O–H groups in total. The van der Waals surface area contributed by atoms with Gasteiger partial charge in [0, 0.05) is 48.9 Å². The van der Waals surface area contributed by atoms with Crippen LogP contribution in [0.25, 0.3) is 6.08 Å². The number of carbonyl (C=O) groups excluding carboxylic acids is 3. The monoisotopic (exact) mass is 680 g/mol. The van der Waals surface area contributed by atoms with E-state index in [1.165, 1.54) is 17.5 Å². The number of aryl methyl sites for hydroxylation is 1. The number of benzene rings is 2. The molecule has 4 rings (SSSR count). The zero-order chi connectivity index (χ0) is 36.0. The van der Waals surface area contributed by atoms with Crippen molar-refractivity contribution in [2.45, 2.75) is 79.6 Å². The fourth-order valence-corrected chi connectivity index (χ4v) is 5.77. The molecule has 1 fully saturated rings. The fraction of sp³-hybridized carbons (Fsp3) is 0.415. The number of Topliss-reactive ketones (excluding diaryl/α,β-unsaturated/α-hetero) is 1. The maximum Gasteiger partial charge on any atom is 0.333 e. The molecule has 9 nitrogen and oxygen atoms in total. The lowest BCUT2D eigenvalue weighted by Crippen LogP contribution is -2.47. The molecule has 1 unspecified atom stereocenters. The molecule has 9 heteroatoms. The van der Waals surface area contributed by atoms with Crippen molar-refractivity contribution in [3.05, 3.63) is 101 Å². The van der Waals surface area contributed by atoms with E-state index in [0.717, 1.165) is 69.5 Å². The summed E-state index contributed by atoms with van der Waals surface area (Å²) >= 11 is 0. The predicted molar refractivity (Wildman–Crippen MR) is 202 cm³/mol. The zero-order valence-corrected chi connectivity index (χ0v) is 30.5. The van der Waals surface area contributed by atoms with E-state index in [0.29, 0.717) is 29.3 Å². The lowest BCUT2D eigenvalue weighted by atomic mass is 10.00. The topological polar surface area (TPSA) is 105 Å². The average Bonchev–Trinajstić information content (AvgIpc) is 3.62. The number of anilines is 3. The van der Waals surface area contributed by atoms with Gasteiger partial charge in [0.2, 0.25) is 0 Å². The van der Waals surface area contributed by atoms with Crippen molar-refractivity contribution in [2.75, 3.05) is 47.9 Å². The minimum absolute atomic E-state index is 0.0971. The number of rotatable bonds is 16. The van der Waals surface area contributed by atoms with E-state index in [4.69, 9.17) is 9.15 Å². The summed E-state index contributed by atoms with van der Waals surface area (Å²) in [4.78, 5) is 47.4. The molecule has 1 atom stereocenters.